The molecule has 0 amide bonds. The molecule has 0 bridgehead atoms. The van der Waals surface area contributed by atoms with Crippen molar-refractivity contribution in [3.05, 3.63) is 35.6 Å². The minimum atomic E-state index is -0.175. The highest BCUT2D eigenvalue weighted by atomic mass is 19.1. The molecule has 2 rings (SSSR count). The largest absolute Gasteiger partial charge is 0.374 e. The van der Waals surface area contributed by atoms with Crippen molar-refractivity contribution in [1.29, 1.82) is 0 Å². The zero-order valence-electron chi connectivity index (χ0n) is 10.2. The van der Waals surface area contributed by atoms with Gasteiger partial charge in [-0.1, -0.05) is 12.1 Å². The monoisotopic (exact) mass is 238 g/mol. The van der Waals surface area contributed by atoms with Gasteiger partial charge in [-0.2, -0.15) is 0 Å². The lowest BCUT2D eigenvalue weighted by molar-refractivity contribution is 0.00884. The maximum Gasteiger partial charge on any atom is 0.123 e. The Bertz CT molecular complexity index is 353. The fraction of sp³-hybridized carbons (Fsp3) is 0.538. The zero-order valence-corrected chi connectivity index (χ0v) is 10.2. The van der Waals surface area contributed by atoms with Crippen LogP contribution in [0.3, 0.4) is 0 Å². The van der Waals surface area contributed by atoms with Gasteiger partial charge in [-0.05, 0) is 24.7 Å². The molecule has 1 N–H and O–H groups in total. The van der Waals surface area contributed by atoms with Crippen molar-refractivity contribution in [2.45, 2.75) is 12.6 Å². The van der Waals surface area contributed by atoms with E-state index >= 15 is 0 Å². The molecule has 0 saturated carbocycles. The van der Waals surface area contributed by atoms with Gasteiger partial charge in [0.15, 0.2) is 0 Å². The van der Waals surface area contributed by atoms with Gasteiger partial charge >= 0.3 is 0 Å². The molecule has 1 unspecified atom stereocenters. The normalized spacial score (nSPS) is 20.8. The second kappa shape index (κ2) is 6.10. The summed E-state index contributed by atoms with van der Waals surface area (Å²) in [6, 6.07) is 6.74. The summed E-state index contributed by atoms with van der Waals surface area (Å²) in [5, 5.41) is 3.30. The third-order valence-corrected chi connectivity index (χ3v) is 2.86. The van der Waals surface area contributed by atoms with Gasteiger partial charge in [-0.15, -0.1) is 0 Å². The fourth-order valence-corrected chi connectivity index (χ4v) is 2.10. The zero-order chi connectivity index (χ0) is 12.1. The molecule has 4 heteroatoms. The van der Waals surface area contributed by atoms with Gasteiger partial charge in [0, 0.05) is 26.2 Å². The van der Waals surface area contributed by atoms with Crippen LogP contribution in [0.4, 0.5) is 4.39 Å². The average molecular weight is 238 g/mol. The molecule has 0 spiro atoms. The van der Waals surface area contributed by atoms with Gasteiger partial charge in [-0.3, -0.25) is 4.90 Å². The van der Waals surface area contributed by atoms with E-state index in [4.69, 9.17) is 4.74 Å². The van der Waals surface area contributed by atoms with Crippen LogP contribution in [0.5, 0.6) is 0 Å². The van der Waals surface area contributed by atoms with Gasteiger partial charge in [0.25, 0.3) is 0 Å². The van der Waals surface area contributed by atoms with Gasteiger partial charge in [-0.25, -0.2) is 4.39 Å². The Kier molecular flexibility index (Phi) is 4.48. The average Bonchev–Trinajstić information content (AvgIpc) is 2.30. The molecule has 17 heavy (non-hydrogen) atoms. The summed E-state index contributed by atoms with van der Waals surface area (Å²) >= 11 is 0. The Labute approximate surface area is 102 Å². The van der Waals surface area contributed by atoms with Crippen molar-refractivity contribution >= 4 is 0 Å². The smallest absolute Gasteiger partial charge is 0.123 e. The van der Waals surface area contributed by atoms with Crippen LogP contribution in [0.1, 0.15) is 5.56 Å². The quantitative estimate of drug-likeness (QED) is 0.854. The highest BCUT2D eigenvalue weighted by Crippen LogP contribution is 2.07. The molecule has 1 atom stereocenters. The van der Waals surface area contributed by atoms with E-state index in [9.17, 15) is 4.39 Å². The van der Waals surface area contributed by atoms with Gasteiger partial charge < -0.3 is 10.1 Å². The molecular weight excluding hydrogens is 219 g/mol. The van der Waals surface area contributed by atoms with E-state index in [1.54, 1.807) is 12.1 Å². The lowest BCUT2D eigenvalue weighted by atomic mass is 10.2. The van der Waals surface area contributed by atoms with Crippen molar-refractivity contribution in [3.8, 4) is 0 Å². The van der Waals surface area contributed by atoms with Crippen molar-refractivity contribution in [2.75, 3.05) is 33.3 Å². The van der Waals surface area contributed by atoms with Crippen LogP contribution in [0.25, 0.3) is 0 Å². The molecule has 1 heterocycles. The topological polar surface area (TPSA) is 24.5 Å². The second-order valence-electron chi connectivity index (χ2n) is 4.52. The SMILES string of the molecule is CN(Cc1cccc(F)c1)CC1CNCCO1. The van der Waals surface area contributed by atoms with Crippen molar-refractivity contribution in [3.63, 3.8) is 0 Å². The molecule has 1 aromatic rings. The minimum absolute atomic E-state index is 0.175. The number of halogens is 1. The molecule has 1 aliphatic rings. The fourth-order valence-electron chi connectivity index (χ4n) is 2.10. The lowest BCUT2D eigenvalue weighted by Crippen LogP contribution is -2.44. The van der Waals surface area contributed by atoms with E-state index in [2.05, 4.69) is 10.2 Å². The number of likely N-dealkylation sites (N-methyl/N-ethyl adjacent to an activating group) is 1. The standard InChI is InChI=1S/C13H19FN2O/c1-16(10-13-8-15-5-6-17-13)9-11-3-2-4-12(14)7-11/h2-4,7,13,15H,5-6,8-10H2,1H3. The van der Waals surface area contributed by atoms with Gasteiger partial charge in [0.05, 0.1) is 12.7 Å². The molecule has 1 aromatic carbocycles. The van der Waals surface area contributed by atoms with Crippen LogP contribution in [0.15, 0.2) is 24.3 Å². The molecule has 0 aliphatic carbocycles. The Morgan fingerprint density at radius 3 is 3.12 bits per heavy atom. The Hall–Kier alpha value is -0.970. The summed E-state index contributed by atoms with van der Waals surface area (Å²) in [6.45, 7) is 4.22. The number of hydrogen-bond acceptors (Lipinski definition) is 3. The van der Waals surface area contributed by atoms with E-state index < -0.39 is 0 Å². The first-order valence-electron chi connectivity index (χ1n) is 5.99. The Morgan fingerprint density at radius 2 is 2.41 bits per heavy atom. The second-order valence-corrected chi connectivity index (χ2v) is 4.52. The number of rotatable bonds is 4. The van der Waals surface area contributed by atoms with Crippen LogP contribution < -0.4 is 5.32 Å². The molecule has 1 saturated heterocycles. The summed E-state index contributed by atoms with van der Waals surface area (Å²) in [6.07, 6.45) is 0.238. The molecule has 1 fully saturated rings. The highest BCUT2D eigenvalue weighted by molar-refractivity contribution is 5.16. The number of nitrogens with zero attached hydrogens (tertiary/aromatic N) is 1. The van der Waals surface area contributed by atoms with Crippen LogP contribution in [-0.2, 0) is 11.3 Å². The van der Waals surface area contributed by atoms with Crippen LogP contribution >= 0.6 is 0 Å². The molecule has 3 nitrogen and oxygen atoms in total. The minimum Gasteiger partial charge on any atom is -0.374 e. The van der Waals surface area contributed by atoms with Gasteiger partial charge in [0.2, 0.25) is 0 Å². The Balaban J connectivity index is 1.82. The maximum atomic E-state index is 13.0. The van der Waals surface area contributed by atoms with Crippen LogP contribution in [-0.4, -0.2) is 44.3 Å². The van der Waals surface area contributed by atoms with Crippen LogP contribution in [0.2, 0.25) is 0 Å². The van der Waals surface area contributed by atoms with Gasteiger partial charge in [0.1, 0.15) is 5.82 Å². The third-order valence-electron chi connectivity index (χ3n) is 2.86. The van der Waals surface area contributed by atoms with Crippen molar-refractivity contribution in [2.24, 2.45) is 0 Å². The first-order valence-corrected chi connectivity index (χ1v) is 5.99. The number of morpholine rings is 1. The summed E-state index contributed by atoms with van der Waals surface area (Å²) in [4.78, 5) is 2.16. The molecule has 0 radical (unpaired) electrons. The third kappa shape index (κ3) is 4.07. The Morgan fingerprint density at radius 1 is 1.53 bits per heavy atom. The number of hydrogen-bond donors (Lipinski definition) is 1. The maximum absolute atomic E-state index is 13.0. The lowest BCUT2D eigenvalue weighted by Gasteiger charge is -2.28. The number of ether oxygens (including phenoxy) is 1. The molecular formula is C13H19FN2O. The summed E-state index contributed by atoms with van der Waals surface area (Å²) in [5.74, 6) is -0.175. The molecule has 1 aliphatic heterocycles. The van der Waals surface area contributed by atoms with E-state index in [1.165, 1.54) is 6.07 Å². The predicted molar refractivity (Wildman–Crippen MR) is 65.3 cm³/mol. The van der Waals surface area contributed by atoms with E-state index in [-0.39, 0.29) is 11.9 Å². The van der Waals surface area contributed by atoms with Crippen molar-refractivity contribution < 1.29 is 9.13 Å². The summed E-state index contributed by atoms with van der Waals surface area (Å²) in [5.41, 5.74) is 0.997. The highest BCUT2D eigenvalue weighted by Gasteiger charge is 2.15. The summed E-state index contributed by atoms with van der Waals surface area (Å²) in [7, 11) is 2.03. The summed E-state index contributed by atoms with van der Waals surface area (Å²) < 4.78 is 18.7. The predicted octanol–water partition coefficient (Wildman–Crippen LogP) is 1.25. The van der Waals surface area contributed by atoms with Crippen LogP contribution in [0, 0.1) is 5.82 Å². The van der Waals surface area contributed by atoms with E-state index in [0.717, 1.165) is 38.3 Å². The van der Waals surface area contributed by atoms with E-state index in [1.807, 2.05) is 13.1 Å². The first-order chi connectivity index (χ1) is 8.24. The molecule has 0 aromatic heterocycles. The molecule has 94 valence electrons. The number of benzene rings is 1. The first kappa shape index (κ1) is 12.5. The van der Waals surface area contributed by atoms with E-state index in [0.29, 0.717) is 0 Å². The number of nitrogens with one attached hydrogen (secondary N) is 1. The van der Waals surface area contributed by atoms with Crippen molar-refractivity contribution in [1.82, 2.24) is 10.2 Å².